The molecule has 0 unspecified atom stereocenters. The average Bonchev–Trinajstić information content (AvgIpc) is 2.95. The predicted molar refractivity (Wildman–Crippen MR) is 49.0 cm³/mol. The van der Waals surface area contributed by atoms with Crippen molar-refractivity contribution < 1.29 is 10.2 Å². The van der Waals surface area contributed by atoms with Gasteiger partial charge in [0.25, 0.3) is 0 Å². The summed E-state index contributed by atoms with van der Waals surface area (Å²) in [5.74, 6) is 0. The molecular weight excluding hydrogens is 168 g/mol. The zero-order valence-corrected chi connectivity index (χ0v) is 7.89. The summed E-state index contributed by atoms with van der Waals surface area (Å²) in [6.45, 7) is 4.15. The molecule has 2 saturated heterocycles. The Hall–Kier alpha value is -0.160. The Balaban J connectivity index is 1.51. The van der Waals surface area contributed by atoms with Gasteiger partial charge in [-0.2, -0.15) is 0 Å². The summed E-state index contributed by atoms with van der Waals surface area (Å²) < 4.78 is 0. The summed E-state index contributed by atoms with van der Waals surface area (Å²) in [4.78, 5) is 4.06. The van der Waals surface area contributed by atoms with Crippen molar-refractivity contribution in [1.29, 1.82) is 0 Å². The van der Waals surface area contributed by atoms with Crippen molar-refractivity contribution in [3.05, 3.63) is 0 Å². The maximum absolute atomic E-state index is 9.49. The number of hydrogen-bond acceptors (Lipinski definition) is 4. The lowest BCUT2D eigenvalue weighted by atomic mass is 10.2. The zero-order chi connectivity index (χ0) is 9.26. The highest BCUT2D eigenvalue weighted by molar-refractivity contribution is 4.77. The predicted octanol–water partition coefficient (Wildman–Crippen LogP) is -0.575. The van der Waals surface area contributed by atoms with Gasteiger partial charge in [-0.1, -0.05) is 0 Å². The first-order chi connectivity index (χ1) is 6.27. The number of aliphatic hydroxyl groups excluding tert-OH is 2. The number of aliphatic hydroxyl groups is 2. The first-order valence-corrected chi connectivity index (χ1v) is 5.11. The molecule has 0 aromatic carbocycles. The van der Waals surface area contributed by atoms with Gasteiger partial charge in [0.2, 0.25) is 0 Å². The van der Waals surface area contributed by atoms with E-state index in [9.17, 15) is 10.2 Å². The summed E-state index contributed by atoms with van der Waals surface area (Å²) in [6, 6.07) is 0. The quantitative estimate of drug-likeness (QED) is 0.545. The molecule has 13 heavy (non-hydrogen) atoms. The summed E-state index contributed by atoms with van der Waals surface area (Å²) >= 11 is 0. The van der Waals surface area contributed by atoms with Crippen molar-refractivity contribution >= 4 is 0 Å². The Morgan fingerprint density at radius 2 is 1.23 bits per heavy atom. The van der Waals surface area contributed by atoms with Crippen molar-refractivity contribution in [3.8, 4) is 0 Å². The third kappa shape index (κ3) is 2.91. The molecule has 2 aliphatic heterocycles. The molecule has 0 aromatic rings. The zero-order valence-electron chi connectivity index (χ0n) is 7.89. The van der Waals surface area contributed by atoms with Gasteiger partial charge in [0.1, 0.15) is 12.5 Å². The van der Waals surface area contributed by atoms with Crippen molar-refractivity contribution in [2.75, 3.05) is 26.2 Å². The molecule has 0 amide bonds. The Bertz CT molecular complexity index is 151. The summed E-state index contributed by atoms with van der Waals surface area (Å²) in [5, 5.41) is 19.0. The van der Waals surface area contributed by atoms with E-state index in [0.29, 0.717) is 0 Å². The largest absolute Gasteiger partial charge is 0.378 e. The molecule has 0 radical (unpaired) electrons. The van der Waals surface area contributed by atoms with E-state index in [2.05, 4.69) is 0 Å². The van der Waals surface area contributed by atoms with Crippen molar-refractivity contribution in [2.24, 2.45) is 0 Å². The Morgan fingerprint density at radius 3 is 1.54 bits per heavy atom. The van der Waals surface area contributed by atoms with Crippen LogP contribution in [-0.4, -0.2) is 58.6 Å². The SMILES string of the molecule is O[C@H](CCC[C@@H](O)N1CC1)N1CC1. The molecule has 0 aromatic heterocycles. The molecule has 2 heterocycles. The van der Waals surface area contributed by atoms with E-state index in [-0.39, 0.29) is 12.5 Å². The first kappa shape index (κ1) is 9.40. The van der Waals surface area contributed by atoms with E-state index in [1.54, 1.807) is 0 Å². The third-order valence-corrected chi connectivity index (χ3v) is 2.73. The maximum Gasteiger partial charge on any atom is 0.107 e. The average molecular weight is 186 g/mol. The highest BCUT2D eigenvalue weighted by Crippen LogP contribution is 2.17. The highest BCUT2D eigenvalue weighted by atomic mass is 16.3. The van der Waals surface area contributed by atoms with Gasteiger partial charge >= 0.3 is 0 Å². The van der Waals surface area contributed by atoms with Crippen LogP contribution in [0.3, 0.4) is 0 Å². The number of rotatable bonds is 6. The van der Waals surface area contributed by atoms with E-state index in [0.717, 1.165) is 45.4 Å². The number of nitrogens with zero attached hydrogens (tertiary/aromatic N) is 2. The molecule has 0 bridgehead atoms. The van der Waals surface area contributed by atoms with Crippen LogP contribution in [0.4, 0.5) is 0 Å². The summed E-state index contributed by atoms with van der Waals surface area (Å²) in [7, 11) is 0. The van der Waals surface area contributed by atoms with Gasteiger partial charge in [-0.15, -0.1) is 0 Å². The monoisotopic (exact) mass is 186 g/mol. The maximum atomic E-state index is 9.49. The summed E-state index contributed by atoms with van der Waals surface area (Å²) in [5.41, 5.74) is 0. The van der Waals surface area contributed by atoms with E-state index in [1.807, 2.05) is 9.80 Å². The minimum absolute atomic E-state index is 0.263. The van der Waals surface area contributed by atoms with Gasteiger partial charge in [-0.3, -0.25) is 9.80 Å². The first-order valence-electron chi connectivity index (χ1n) is 5.11. The minimum atomic E-state index is -0.263. The molecule has 0 spiro atoms. The van der Waals surface area contributed by atoms with Crippen molar-refractivity contribution in [2.45, 2.75) is 31.7 Å². The van der Waals surface area contributed by atoms with Crippen LogP contribution in [0.2, 0.25) is 0 Å². The van der Waals surface area contributed by atoms with Gasteiger partial charge in [-0.05, 0) is 19.3 Å². The van der Waals surface area contributed by atoms with Crippen LogP contribution in [0.25, 0.3) is 0 Å². The second-order valence-corrected chi connectivity index (χ2v) is 3.96. The third-order valence-electron chi connectivity index (χ3n) is 2.73. The minimum Gasteiger partial charge on any atom is -0.378 e. The van der Waals surface area contributed by atoms with E-state index >= 15 is 0 Å². The van der Waals surface area contributed by atoms with E-state index in [1.165, 1.54) is 0 Å². The molecule has 2 aliphatic rings. The molecule has 2 rings (SSSR count). The Labute approximate surface area is 78.8 Å². The fourth-order valence-electron chi connectivity index (χ4n) is 1.56. The molecule has 76 valence electrons. The van der Waals surface area contributed by atoms with Crippen LogP contribution >= 0.6 is 0 Å². The van der Waals surface area contributed by atoms with Crippen molar-refractivity contribution in [3.63, 3.8) is 0 Å². The van der Waals surface area contributed by atoms with Gasteiger partial charge in [-0.25, -0.2) is 0 Å². The van der Waals surface area contributed by atoms with Gasteiger partial charge in [0.15, 0.2) is 0 Å². The summed E-state index contributed by atoms with van der Waals surface area (Å²) in [6.07, 6.45) is 1.98. The molecule has 4 nitrogen and oxygen atoms in total. The lowest BCUT2D eigenvalue weighted by molar-refractivity contribution is 0.0454. The van der Waals surface area contributed by atoms with Crippen LogP contribution in [0.15, 0.2) is 0 Å². The fourth-order valence-corrected chi connectivity index (χ4v) is 1.56. The second-order valence-electron chi connectivity index (χ2n) is 3.96. The van der Waals surface area contributed by atoms with Crippen LogP contribution in [0.1, 0.15) is 19.3 Å². The van der Waals surface area contributed by atoms with Crippen LogP contribution in [-0.2, 0) is 0 Å². The van der Waals surface area contributed by atoms with Crippen molar-refractivity contribution in [1.82, 2.24) is 9.80 Å². The highest BCUT2D eigenvalue weighted by Gasteiger charge is 2.27. The van der Waals surface area contributed by atoms with Crippen LogP contribution < -0.4 is 0 Å². The molecule has 0 aliphatic carbocycles. The van der Waals surface area contributed by atoms with Crippen LogP contribution in [0.5, 0.6) is 0 Å². The lowest BCUT2D eigenvalue weighted by Crippen LogP contribution is -2.21. The second kappa shape index (κ2) is 3.92. The smallest absolute Gasteiger partial charge is 0.107 e. The topological polar surface area (TPSA) is 46.5 Å². The van der Waals surface area contributed by atoms with E-state index in [4.69, 9.17) is 0 Å². The molecule has 2 atom stereocenters. The molecular formula is C9H18N2O2. The van der Waals surface area contributed by atoms with E-state index < -0.39 is 0 Å². The van der Waals surface area contributed by atoms with Crippen LogP contribution in [0, 0.1) is 0 Å². The molecule has 4 heteroatoms. The van der Waals surface area contributed by atoms with Gasteiger partial charge in [0, 0.05) is 26.2 Å². The lowest BCUT2D eigenvalue weighted by Gasteiger charge is -2.13. The molecule has 0 saturated carbocycles. The standard InChI is InChI=1S/C9H18N2O2/c12-8(10-4-5-10)2-1-3-9(13)11-6-7-11/h8-9,12-13H,1-7H2/t8-,9-/m1/s1. The Morgan fingerprint density at radius 1 is 0.846 bits per heavy atom. The Kier molecular flexibility index (Phi) is 2.83. The number of hydrogen-bond donors (Lipinski definition) is 2. The molecule has 2 N–H and O–H groups in total. The molecule has 2 fully saturated rings. The van der Waals surface area contributed by atoms with Gasteiger partial charge < -0.3 is 10.2 Å². The fraction of sp³-hybridized carbons (Fsp3) is 1.00. The normalized spacial score (nSPS) is 27.2. The van der Waals surface area contributed by atoms with Gasteiger partial charge in [0.05, 0.1) is 0 Å².